The van der Waals surface area contributed by atoms with Gasteiger partial charge in [0.1, 0.15) is 17.2 Å². The second kappa shape index (κ2) is 14.1. The normalized spacial score (nSPS) is 19.0. The lowest BCUT2D eigenvalue weighted by atomic mass is 9.76. The van der Waals surface area contributed by atoms with Crippen molar-refractivity contribution in [1.29, 1.82) is 10.5 Å². The van der Waals surface area contributed by atoms with Crippen LogP contribution >= 0.6 is 11.3 Å². The lowest BCUT2D eigenvalue weighted by molar-refractivity contribution is 0.316. The summed E-state index contributed by atoms with van der Waals surface area (Å²) in [5, 5.41) is 25.8. The van der Waals surface area contributed by atoms with Crippen molar-refractivity contribution in [2.24, 2.45) is 11.8 Å². The van der Waals surface area contributed by atoms with E-state index in [9.17, 15) is 10.5 Å². The zero-order chi connectivity index (χ0) is 38.7. The number of furan rings is 1. The van der Waals surface area contributed by atoms with Crippen LogP contribution < -0.4 is 0 Å². The van der Waals surface area contributed by atoms with Gasteiger partial charge in [0.15, 0.2) is 11.6 Å². The van der Waals surface area contributed by atoms with Crippen LogP contribution in [0, 0.1) is 34.5 Å². The number of aryl methyl sites for hydroxylation is 1. The molecule has 3 aliphatic rings. The molecule has 2 atom stereocenters. The van der Waals surface area contributed by atoms with Gasteiger partial charge in [0, 0.05) is 66.4 Å². The summed E-state index contributed by atoms with van der Waals surface area (Å²) in [6.45, 7) is 0. The van der Waals surface area contributed by atoms with E-state index in [1.807, 2.05) is 11.3 Å². The van der Waals surface area contributed by atoms with E-state index in [1.165, 1.54) is 36.9 Å². The van der Waals surface area contributed by atoms with E-state index in [0.29, 0.717) is 36.7 Å². The molecule has 2 unspecified atom stereocenters. The summed E-state index contributed by atoms with van der Waals surface area (Å²) in [6.07, 6.45) is 16.9. The lowest BCUT2D eigenvalue weighted by Crippen LogP contribution is -2.22. The van der Waals surface area contributed by atoms with Crippen LogP contribution in [0.3, 0.4) is 0 Å². The van der Waals surface area contributed by atoms with Gasteiger partial charge in [-0.15, -0.1) is 11.3 Å². The van der Waals surface area contributed by atoms with Gasteiger partial charge in [-0.2, -0.15) is 10.5 Å². The number of fused-ring (bicyclic) bond motifs is 7. The van der Waals surface area contributed by atoms with E-state index in [2.05, 4.69) is 134 Å². The highest BCUT2D eigenvalue weighted by molar-refractivity contribution is 7.26. The molecule has 0 aliphatic heterocycles. The number of nitrogens with zero attached hydrogens (tertiary/aromatic N) is 5. The monoisotopic (exact) mass is 767 g/mol. The van der Waals surface area contributed by atoms with Gasteiger partial charge in [-0.25, -0.2) is 15.0 Å². The van der Waals surface area contributed by atoms with Gasteiger partial charge >= 0.3 is 0 Å². The van der Waals surface area contributed by atoms with E-state index >= 15 is 0 Å². The van der Waals surface area contributed by atoms with Crippen LogP contribution in [0.15, 0.2) is 120 Å². The van der Waals surface area contributed by atoms with Crippen LogP contribution in [0.4, 0.5) is 0 Å². The molecule has 3 aliphatic carbocycles. The average molecular weight is 768 g/mol. The van der Waals surface area contributed by atoms with E-state index in [1.54, 1.807) is 0 Å². The molecule has 0 N–H and O–H groups in total. The second-order valence-electron chi connectivity index (χ2n) is 15.9. The minimum atomic E-state index is -0.219. The third-order valence-electron chi connectivity index (χ3n) is 12.3. The Labute approximate surface area is 340 Å². The van der Waals surface area contributed by atoms with Crippen molar-refractivity contribution in [1.82, 2.24) is 15.0 Å². The van der Waals surface area contributed by atoms with E-state index < -0.39 is 0 Å². The van der Waals surface area contributed by atoms with Crippen LogP contribution in [-0.2, 0) is 6.42 Å². The molecule has 0 saturated heterocycles. The first-order chi connectivity index (χ1) is 28.6. The highest BCUT2D eigenvalue weighted by Crippen LogP contribution is 2.45. The molecule has 1 saturated carbocycles. The molecule has 278 valence electrons. The molecule has 58 heavy (non-hydrogen) atoms. The molecule has 0 amide bonds. The summed E-state index contributed by atoms with van der Waals surface area (Å²) in [6, 6.07) is 37.4. The third-order valence-corrected chi connectivity index (χ3v) is 13.5. The first-order valence-corrected chi connectivity index (χ1v) is 21.0. The van der Waals surface area contributed by atoms with E-state index in [4.69, 9.17) is 19.4 Å². The minimum Gasteiger partial charge on any atom is -0.460 e. The van der Waals surface area contributed by atoms with Crippen LogP contribution in [0.25, 0.3) is 87.5 Å². The van der Waals surface area contributed by atoms with Crippen molar-refractivity contribution in [3.05, 3.63) is 138 Å². The quantitative estimate of drug-likeness (QED) is 0.173. The van der Waals surface area contributed by atoms with Crippen molar-refractivity contribution < 1.29 is 4.42 Å². The van der Waals surface area contributed by atoms with Gasteiger partial charge in [-0.1, -0.05) is 103 Å². The van der Waals surface area contributed by atoms with Crippen LogP contribution in [-0.4, -0.2) is 15.0 Å². The van der Waals surface area contributed by atoms with Crippen LogP contribution in [0.2, 0.25) is 0 Å². The molecular weight excluding hydrogens is 731 g/mol. The number of thiophene rings is 1. The summed E-state index contributed by atoms with van der Waals surface area (Å²) < 4.78 is 8.75. The van der Waals surface area contributed by atoms with Gasteiger partial charge in [0.2, 0.25) is 0 Å². The molecule has 7 heteroatoms. The predicted molar refractivity (Wildman–Crippen MR) is 235 cm³/mol. The third kappa shape index (κ3) is 5.85. The second-order valence-corrected chi connectivity index (χ2v) is 16.9. The Morgan fingerprint density at radius 2 is 1.43 bits per heavy atom. The Hall–Kier alpha value is -6.67. The molecule has 0 bridgehead atoms. The first kappa shape index (κ1) is 34.6. The zero-order valence-electron chi connectivity index (χ0n) is 31.8. The highest BCUT2D eigenvalue weighted by Gasteiger charge is 2.32. The maximum atomic E-state index is 10.00. The van der Waals surface area contributed by atoms with Crippen molar-refractivity contribution in [3.8, 4) is 46.0 Å². The van der Waals surface area contributed by atoms with Gasteiger partial charge in [-0.3, -0.25) is 0 Å². The number of hydrogen-bond acceptors (Lipinski definition) is 7. The molecule has 11 rings (SSSR count). The Bertz CT molecular complexity index is 3130. The highest BCUT2D eigenvalue weighted by atomic mass is 32.1. The first-order valence-electron chi connectivity index (χ1n) is 20.2. The number of allylic oxidation sites excluding steroid dienone is 5. The number of nitriles is 2. The maximum Gasteiger partial charge on any atom is 0.164 e. The molecule has 8 aromatic rings. The Morgan fingerprint density at radius 3 is 2.26 bits per heavy atom. The number of hydrogen-bond donors (Lipinski definition) is 0. The molecule has 5 aromatic carbocycles. The average Bonchev–Trinajstić information content (AvgIpc) is 3.86. The van der Waals surface area contributed by atoms with Crippen molar-refractivity contribution in [2.45, 2.75) is 50.9 Å². The topological polar surface area (TPSA) is 99.4 Å². The van der Waals surface area contributed by atoms with E-state index in [0.717, 1.165) is 75.4 Å². The summed E-state index contributed by atoms with van der Waals surface area (Å²) in [5.41, 5.74) is 8.88. The summed E-state index contributed by atoms with van der Waals surface area (Å²) in [5.74, 6) is 2.35. The number of benzene rings is 5. The van der Waals surface area contributed by atoms with Crippen LogP contribution in [0.1, 0.15) is 67.2 Å². The Morgan fingerprint density at radius 1 is 0.672 bits per heavy atom. The standard InChI is InChI=1S/C51H37N5OS/c52-28-30-23-31(29-53)25-36(24-30)50-54-49(55-51(56-50)41-16-8-18-46-47(41)40-15-7-14-38(48(40)58-46)32-9-2-1-3-10-32)34-21-19-33(20-22-34)37-13-6-11-35-26-45-43(27-42(35)37)39-12-4-5-17-44(39)57-45/h1-2,4,6-9,11-16,18-22,26-27,30-31,36H,3,5,10,17,23-25H2. The fourth-order valence-corrected chi connectivity index (χ4v) is 10.7. The van der Waals surface area contributed by atoms with Gasteiger partial charge in [0.05, 0.1) is 12.1 Å². The summed E-state index contributed by atoms with van der Waals surface area (Å²) in [4.78, 5) is 15.6. The molecule has 3 heterocycles. The predicted octanol–water partition coefficient (Wildman–Crippen LogP) is 13.4. The smallest absolute Gasteiger partial charge is 0.164 e. The van der Waals surface area contributed by atoms with Crippen molar-refractivity contribution >= 4 is 64.9 Å². The maximum absolute atomic E-state index is 10.00. The zero-order valence-corrected chi connectivity index (χ0v) is 32.6. The minimum absolute atomic E-state index is 0.129. The Balaban J connectivity index is 1.04. The Kier molecular flexibility index (Phi) is 8.38. The molecule has 3 aromatic heterocycles. The molecule has 0 radical (unpaired) electrons. The largest absolute Gasteiger partial charge is 0.460 e. The SMILES string of the molecule is N#CC1CC(C#N)CC(c2nc(-c3ccc(-c4cccc5cc6oc7c(c6cc45)C=CCC7)cc3)nc(-c3cccc4sc5c(C6=CC=CCC6)cccc5c34)n2)C1. The summed E-state index contributed by atoms with van der Waals surface area (Å²) >= 11 is 1.82. The number of aromatic nitrogens is 3. The van der Waals surface area contributed by atoms with Crippen LogP contribution in [0.5, 0.6) is 0 Å². The fraction of sp³-hybridized carbons (Fsp3) is 0.196. The van der Waals surface area contributed by atoms with Gasteiger partial charge < -0.3 is 4.42 Å². The fourth-order valence-electron chi connectivity index (χ4n) is 9.45. The number of rotatable bonds is 5. The molecular formula is C51H37N5OS. The molecule has 0 spiro atoms. The van der Waals surface area contributed by atoms with Gasteiger partial charge in [0.25, 0.3) is 0 Å². The van der Waals surface area contributed by atoms with Gasteiger partial charge in [-0.05, 0) is 89.8 Å². The van der Waals surface area contributed by atoms with Crippen molar-refractivity contribution in [3.63, 3.8) is 0 Å². The summed E-state index contributed by atoms with van der Waals surface area (Å²) in [7, 11) is 0. The van der Waals surface area contributed by atoms with E-state index in [-0.39, 0.29) is 17.8 Å². The molecule has 6 nitrogen and oxygen atoms in total. The molecule has 1 fully saturated rings. The van der Waals surface area contributed by atoms with Crippen molar-refractivity contribution in [2.75, 3.05) is 0 Å². The lowest BCUT2D eigenvalue weighted by Gasteiger charge is -2.27.